The van der Waals surface area contributed by atoms with Crippen LogP contribution in [0.3, 0.4) is 0 Å². The Hall–Kier alpha value is -1.06. The lowest BCUT2D eigenvalue weighted by Gasteiger charge is -2.11. The minimum atomic E-state index is 0.314. The molecule has 0 saturated heterocycles. The van der Waals surface area contributed by atoms with Gasteiger partial charge in [-0.1, -0.05) is 19.1 Å². The normalized spacial score (nSPS) is 26.9. The van der Waals surface area contributed by atoms with Crippen LogP contribution in [0.25, 0.3) is 0 Å². The van der Waals surface area contributed by atoms with Crippen LogP contribution in [0.4, 0.5) is 0 Å². The molecule has 1 aliphatic rings. The van der Waals surface area contributed by atoms with Crippen LogP contribution in [0.1, 0.15) is 25.3 Å². The van der Waals surface area contributed by atoms with Gasteiger partial charge in [0.2, 0.25) is 0 Å². The Morgan fingerprint density at radius 2 is 2.24 bits per heavy atom. The molecule has 0 spiro atoms. The van der Waals surface area contributed by atoms with Gasteiger partial charge in [-0.25, -0.2) is 0 Å². The van der Waals surface area contributed by atoms with Gasteiger partial charge >= 0.3 is 0 Å². The number of hydrogen-bond acceptors (Lipinski definition) is 3. The first-order valence-corrected chi connectivity index (χ1v) is 6.31. The standard InChI is InChI=1S/C14H22N2O/c1-14(10-13(14)16)6-8-17-12-4-2-3-11(9-12)5-7-15/h2-4,9,13H,5-8,10,15-16H2,1H3. The van der Waals surface area contributed by atoms with E-state index in [2.05, 4.69) is 19.1 Å². The Bertz CT molecular complexity index is 380. The molecule has 3 nitrogen and oxygen atoms in total. The fourth-order valence-electron chi connectivity index (χ4n) is 2.09. The Morgan fingerprint density at radius 1 is 1.47 bits per heavy atom. The molecular formula is C14H22N2O. The topological polar surface area (TPSA) is 61.3 Å². The molecule has 0 bridgehead atoms. The van der Waals surface area contributed by atoms with Gasteiger partial charge in [-0.2, -0.15) is 0 Å². The summed E-state index contributed by atoms with van der Waals surface area (Å²) in [5.74, 6) is 0.939. The molecular weight excluding hydrogens is 212 g/mol. The van der Waals surface area contributed by atoms with Crippen molar-refractivity contribution in [3.05, 3.63) is 29.8 Å². The molecule has 4 N–H and O–H groups in total. The molecule has 17 heavy (non-hydrogen) atoms. The average Bonchev–Trinajstić information content (AvgIpc) is 2.88. The highest BCUT2D eigenvalue weighted by atomic mass is 16.5. The molecule has 1 aliphatic carbocycles. The van der Waals surface area contributed by atoms with Crippen molar-refractivity contribution < 1.29 is 4.74 Å². The highest BCUT2D eigenvalue weighted by Crippen LogP contribution is 2.46. The summed E-state index contributed by atoms with van der Waals surface area (Å²) in [7, 11) is 0. The van der Waals surface area contributed by atoms with Gasteiger partial charge < -0.3 is 16.2 Å². The van der Waals surface area contributed by atoms with Crippen molar-refractivity contribution in [2.75, 3.05) is 13.2 Å². The summed E-state index contributed by atoms with van der Waals surface area (Å²) < 4.78 is 5.76. The summed E-state index contributed by atoms with van der Waals surface area (Å²) in [6.45, 7) is 3.65. The molecule has 2 atom stereocenters. The number of benzene rings is 1. The molecule has 0 aliphatic heterocycles. The molecule has 1 saturated carbocycles. The van der Waals surface area contributed by atoms with E-state index in [0.717, 1.165) is 31.6 Å². The van der Waals surface area contributed by atoms with Crippen molar-refractivity contribution >= 4 is 0 Å². The fraction of sp³-hybridized carbons (Fsp3) is 0.571. The molecule has 3 heteroatoms. The quantitative estimate of drug-likeness (QED) is 0.787. The van der Waals surface area contributed by atoms with Gasteiger partial charge in [0.15, 0.2) is 0 Å². The first kappa shape index (κ1) is 12.4. The average molecular weight is 234 g/mol. The van der Waals surface area contributed by atoms with Crippen LogP contribution in [-0.2, 0) is 6.42 Å². The summed E-state index contributed by atoms with van der Waals surface area (Å²) in [5, 5.41) is 0. The predicted molar refractivity (Wildman–Crippen MR) is 70.0 cm³/mol. The Labute approximate surface area is 103 Å². The van der Waals surface area contributed by atoms with Crippen LogP contribution >= 0.6 is 0 Å². The van der Waals surface area contributed by atoms with Gasteiger partial charge in [-0.15, -0.1) is 0 Å². The molecule has 94 valence electrons. The van der Waals surface area contributed by atoms with Crippen LogP contribution in [-0.4, -0.2) is 19.2 Å². The Morgan fingerprint density at radius 3 is 2.88 bits per heavy atom. The maximum Gasteiger partial charge on any atom is 0.119 e. The molecule has 1 aromatic carbocycles. The summed E-state index contributed by atoms with van der Waals surface area (Å²) >= 11 is 0. The van der Waals surface area contributed by atoms with Gasteiger partial charge in [0.1, 0.15) is 5.75 Å². The number of hydrogen-bond donors (Lipinski definition) is 2. The van der Waals surface area contributed by atoms with Crippen molar-refractivity contribution in [3.63, 3.8) is 0 Å². The maximum atomic E-state index is 5.87. The monoisotopic (exact) mass is 234 g/mol. The second-order valence-electron chi connectivity index (χ2n) is 5.25. The van der Waals surface area contributed by atoms with E-state index in [-0.39, 0.29) is 0 Å². The lowest BCUT2D eigenvalue weighted by atomic mass is 10.1. The van der Waals surface area contributed by atoms with Gasteiger partial charge in [-0.05, 0) is 48.9 Å². The van der Waals surface area contributed by atoms with E-state index in [1.807, 2.05) is 12.1 Å². The second kappa shape index (κ2) is 5.07. The minimum absolute atomic E-state index is 0.314. The largest absolute Gasteiger partial charge is 0.494 e. The van der Waals surface area contributed by atoms with E-state index in [1.54, 1.807) is 0 Å². The zero-order valence-electron chi connectivity index (χ0n) is 10.5. The summed E-state index contributed by atoms with van der Waals surface area (Å²) in [4.78, 5) is 0. The van der Waals surface area contributed by atoms with Gasteiger partial charge in [0.25, 0.3) is 0 Å². The van der Waals surface area contributed by atoms with Gasteiger partial charge in [0, 0.05) is 6.04 Å². The molecule has 0 amide bonds. The predicted octanol–water partition coefficient (Wildman–Crippen LogP) is 1.69. The van der Waals surface area contributed by atoms with Crippen molar-refractivity contribution in [2.24, 2.45) is 16.9 Å². The number of nitrogens with two attached hydrogens (primary N) is 2. The third kappa shape index (κ3) is 3.20. The summed E-state index contributed by atoms with van der Waals surface area (Å²) in [5.41, 5.74) is 13.0. The third-order valence-electron chi connectivity index (χ3n) is 3.69. The second-order valence-corrected chi connectivity index (χ2v) is 5.25. The zero-order chi connectivity index (χ0) is 12.3. The van der Waals surface area contributed by atoms with Crippen LogP contribution in [0, 0.1) is 5.41 Å². The molecule has 0 aromatic heterocycles. The molecule has 0 heterocycles. The Balaban J connectivity index is 1.80. The van der Waals surface area contributed by atoms with E-state index >= 15 is 0 Å². The van der Waals surface area contributed by atoms with Crippen molar-refractivity contribution in [1.29, 1.82) is 0 Å². The van der Waals surface area contributed by atoms with Crippen LogP contribution < -0.4 is 16.2 Å². The van der Waals surface area contributed by atoms with Gasteiger partial charge in [0.05, 0.1) is 6.61 Å². The van der Waals surface area contributed by atoms with Crippen molar-refractivity contribution in [1.82, 2.24) is 0 Å². The highest BCUT2D eigenvalue weighted by molar-refractivity contribution is 5.28. The number of rotatable bonds is 6. The fourth-order valence-corrected chi connectivity index (χ4v) is 2.09. The number of ether oxygens (including phenoxy) is 1. The lowest BCUT2D eigenvalue weighted by molar-refractivity contribution is 0.274. The zero-order valence-corrected chi connectivity index (χ0v) is 10.5. The molecule has 0 radical (unpaired) electrons. The molecule has 2 unspecified atom stereocenters. The van der Waals surface area contributed by atoms with Crippen LogP contribution in [0.15, 0.2) is 24.3 Å². The van der Waals surface area contributed by atoms with Crippen LogP contribution in [0.2, 0.25) is 0 Å². The summed E-state index contributed by atoms with van der Waals surface area (Å²) in [6.07, 6.45) is 3.07. The summed E-state index contributed by atoms with van der Waals surface area (Å²) in [6, 6.07) is 8.54. The lowest BCUT2D eigenvalue weighted by Crippen LogP contribution is -2.14. The van der Waals surface area contributed by atoms with Crippen LogP contribution in [0.5, 0.6) is 5.75 Å². The van der Waals surface area contributed by atoms with Crippen molar-refractivity contribution in [2.45, 2.75) is 32.2 Å². The first-order chi connectivity index (χ1) is 8.14. The minimum Gasteiger partial charge on any atom is -0.494 e. The van der Waals surface area contributed by atoms with E-state index in [9.17, 15) is 0 Å². The molecule has 2 rings (SSSR count). The Kier molecular flexibility index (Phi) is 3.69. The maximum absolute atomic E-state index is 5.87. The highest BCUT2D eigenvalue weighted by Gasteiger charge is 2.46. The SMILES string of the molecule is CC1(CCOc2cccc(CCN)c2)CC1N. The van der Waals surface area contributed by atoms with E-state index in [1.165, 1.54) is 5.56 Å². The van der Waals surface area contributed by atoms with Crippen molar-refractivity contribution in [3.8, 4) is 5.75 Å². The third-order valence-corrected chi connectivity index (χ3v) is 3.69. The smallest absolute Gasteiger partial charge is 0.119 e. The molecule has 1 aromatic rings. The van der Waals surface area contributed by atoms with E-state index < -0.39 is 0 Å². The first-order valence-electron chi connectivity index (χ1n) is 6.31. The van der Waals surface area contributed by atoms with E-state index in [0.29, 0.717) is 18.0 Å². The van der Waals surface area contributed by atoms with Gasteiger partial charge in [-0.3, -0.25) is 0 Å². The van der Waals surface area contributed by atoms with E-state index in [4.69, 9.17) is 16.2 Å². The molecule has 1 fully saturated rings.